The molecular weight excluding hydrogens is 344 g/mol. The van der Waals surface area contributed by atoms with Crippen LogP contribution in [0.25, 0.3) is 0 Å². The number of rotatable bonds is 2. The Labute approximate surface area is 106 Å². The van der Waals surface area contributed by atoms with Gasteiger partial charge in [-0.25, -0.2) is 4.79 Å². The number of aromatic nitrogens is 2. The smallest absolute Gasteiger partial charge is 0.328 e. The molecular formula is C9H6Br2N2O3. The molecule has 2 aromatic heterocycles. The SMILES string of the molecule is O=c1[nH]c(=O)n(Cc2ccc(Br)o2)cc1Br. The molecule has 0 aliphatic rings. The Morgan fingerprint density at radius 3 is 2.69 bits per heavy atom. The van der Waals surface area contributed by atoms with E-state index in [1.807, 2.05) is 0 Å². The molecule has 2 aromatic rings. The molecule has 0 amide bonds. The van der Waals surface area contributed by atoms with Crippen molar-refractivity contribution >= 4 is 31.9 Å². The summed E-state index contributed by atoms with van der Waals surface area (Å²) in [5, 5.41) is 0. The molecule has 1 N–H and O–H groups in total. The molecule has 84 valence electrons. The Hall–Kier alpha value is -1.08. The van der Waals surface area contributed by atoms with Crippen molar-refractivity contribution in [2.75, 3.05) is 0 Å². The van der Waals surface area contributed by atoms with Gasteiger partial charge in [-0.1, -0.05) is 0 Å². The first-order valence-electron chi connectivity index (χ1n) is 4.30. The maximum atomic E-state index is 11.4. The minimum Gasteiger partial charge on any atom is -0.452 e. The summed E-state index contributed by atoms with van der Waals surface area (Å²) in [6.07, 6.45) is 1.43. The molecule has 0 aliphatic heterocycles. The molecule has 0 saturated carbocycles. The van der Waals surface area contributed by atoms with Gasteiger partial charge in [0, 0.05) is 6.20 Å². The second kappa shape index (κ2) is 4.42. The number of nitrogens with zero attached hydrogens (tertiary/aromatic N) is 1. The van der Waals surface area contributed by atoms with Gasteiger partial charge in [-0.2, -0.15) is 0 Å². The van der Waals surface area contributed by atoms with Crippen molar-refractivity contribution in [2.24, 2.45) is 0 Å². The van der Waals surface area contributed by atoms with Gasteiger partial charge in [0.15, 0.2) is 4.67 Å². The lowest BCUT2D eigenvalue weighted by molar-refractivity contribution is 0.468. The summed E-state index contributed by atoms with van der Waals surface area (Å²) in [7, 11) is 0. The maximum absolute atomic E-state index is 11.4. The van der Waals surface area contributed by atoms with Crippen LogP contribution in [0.3, 0.4) is 0 Å². The fourth-order valence-corrected chi connectivity index (χ4v) is 1.89. The molecule has 0 spiro atoms. The number of furan rings is 1. The Morgan fingerprint density at radius 1 is 1.31 bits per heavy atom. The summed E-state index contributed by atoms with van der Waals surface area (Å²) in [5.41, 5.74) is -0.914. The zero-order valence-corrected chi connectivity index (χ0v) is 11.0. The Morgan fingerprint density at radius 2 is 2.06 bits per heavy atom. The highest BCUT2D eigenvalue weighted by atomic mass is 79.9. The average molecular weight is 350 g/mol. The van der Waals surface area contributed by atoms with Gasteiger partial charge in [0.1, 0.15) is 5.76 Å². The normalized spacial score (nSPS) is 10.6. The van der Waals surface area contributed by atoms with Crippen LogP contribution in [-0.4, -0.2) is 9.55 Å². The van der Waals surface area contributed by atoms with E-state index in [2.05, 4.69) is 36.8 Å². The van der Waals surface area contributed by atoms with E-state index >= 15 is 0 Å². The summed E-state index contributed by atoms with van der Waals surface area (Å²) in [5.74, 6) is 0.618. The molecule has 0 atom stereocenters. The maximum Gasteiger partial charge on any atom is 0.328 e. The van der Waals surface area contributed by atoms with E-state index in [1.165, 1.54) is 10.8 Å². The summed E-state index contributed by atoms with van der Waals surface area (Å²) in [4.78, 5) is 24.7. The van der Waals surface area contributed by atoms with Crippen molar-refractivity contribution in [3.63, 3.8) is 0 Å². The second-order valence-electron chi connectivity index (χ2n) is 3.07. The molecule has 2 heterocycles. The van der Waals surface area contributed by atoms with Crippen molar-refractivity contribution in [1.29, 1.82) is 0 Å². The monoisotopic (exact) mass is 348 g/mol. The van der Waals surface area contributed by atoms with Gasteiger partial charge in [-0.15, -0.1) is 0 Å². The Bertz CT molecular complexity index is 626. The largest absolute Gasteiger partial charge is 0.452 e. The van der Waals surface area contributed by atoms with E-state index in [4.69, 9.17) is 4.42 Å². The van der Waals surface area contributed by atoms with Crippen LogP contribution in [0, 0.1) is 0 Å². The molecule has 0 aromatic carbocycles. The van der Waals surface area contributed by atoms with E-state index in [0.717, 1.165) is 0 Å². The van der Waals surface area contributed by atoms with Crippen LogP contribution in [-0.2, 0) is 6.54 Å². The molecule has 7 heteroatoms. The third-order valence-corrected chi connectivity index (χ3v) is 2.91. The van der Waals surface area contributed by atoms with Gasteiger partial charge >= 0.3 is 5.69 Å². The summed E-state index contributed by atoms with van der Waals surface area (Å²) in [6, 6.07) is 3.48. The number of hydrogen-bond donors (Lipinski definition) is 1. The van der Waals surface area contributed by atoms with Crippen molar-refractivity contribution < 1.29 is 4.42 Å². The average Bonchev–Trinajstić information content (AvgIpc) is 2.60. The number of aromatic amines is 1. The molecule has 0 bridgehead atoms. The Kier molecular flexibility index (Phi) is 3.15. The molecule has 0 saturated heterocycles. The molecule has 0 aliphatic carbocycles. The first kappa shape index (κ1) is 11.4. The van der Waals surface area contributed by atoms with Crippen LogP contribution in [0.2, 0.25) is 0 Å². The predicted molar refractivity (Wildman–Crippen MR) is 64.5 cm³/mol. The topological polar surface area (TPSA) is 68.0 Å². The molecule has 0 radical (unpaired) electrons. The van der Waals surface area contributed by atoms with Crippen LogP contribution in [0.4, 0.5) is 0 Å². The molecule has 2 rings (SSSR count). The third kappa shape index (κ3) is 2.35. The van der Waals surface area contributed by atoms with Gasteiger partial charge in [0.05, 0.1) is 11.0 Å². The van der Waals surface area contributed by atoms with E-state index in [1.54, 1.807) is 12.1 Å². The first-order chi connectivity index (χ1) is 7.56. The Balaban J connectivity index is 2.39. The van der Waals surface area contributed by atoms with E-state index in [-0.39, 0.29) is 6.54 Å². The summed E-state index contributed by atoms with van der Waals surface area (Å²) in [6.45, 7) is 0.264. The van der Waals surface area contributed by atoms with E-state index < -0.39 is 11.2 Å². The van der Waals surface area contributed by atoms with Crippen LogP contribution in [0.5, 0.6) is 0 Å². The number of H-pyrrole nitrogens is 1. The standard InChI is InChI=1S/C9H6Br2N2O3/c10-6-4-13(9(15)12-8(6)14)3-5-1-2-7(11)16-5/h1-2,4H,3H2,(H,12,14,15). The van der Waals surface area contributed by atoms with E-state index in [0.29, 0.717) is 14.9 Å². The van der Waals surface area contributed by atoms with Gasteiger partial charge in [0.25, 0.3) is 5.56 Å². The van der Waals surface area contributed by atoms with Crippen LogP contribution >= 0.6 is 31.9 Å². The molecule has 0 fully saturated rings. The quantitative estimate of drug-likeness (QED) is 0.897. The number of halogens is 2. The highest BCUT2D eigenvalue weighted by Crippen LogP contribution is 2.14. The predicted octanol–water partition coefficient (Wildman–Crippen LogP) is 1.70. The van der Waals surface area contributed by atoms with Gasteiger partial charge in [-0.05, 0) is 44.0 Å². The van der Waals surface area contributed by atoms with Crippen molar-refractivity contribution in [3.8, 4) is 0 Å². The van der Waals surface area contributed by atoms with Crippen molar-refractivity contribution in [2.45, 2.75) is 6.54 Å². The first-order valence-corrected chi connectivity index (χ1v) is 5.88. The van der Waals surface area contributed by atoms with E-state index in [9.17, 15) is 9.59 Å². The molecule has 0 unspecified atom stereocenters. The number of nitrogens with one attached hydrogen (secondary N) is 1. The fraction of sp³-hybridized carbons (Fsp3) is 0.111. The zero-order chi connectivity index (χ0) is 11.7. The van der Waals surface area contributed by atoms with Gasteiger partial charge < -0.3 is 4.42 Å². The highest BCUT2D eigenvalue weighted by molar-refractivity contribution is 9.10. The van der Waals surface area contributed by atoms with Crippen molar-refractivity contribution in [3.05, 3.63) is 54.1 Å². The van der Waals surface area contributed by atoms with Crippen LogP contribution < -0.4 is 11.2 Å². The minimum atomic E-state index is -0.472. The molecule has 16 heavy (non-hydrogen) atoms. The summed E-state index contributed by atoms with van der Waals surface area (Å²) < 4.78 is 7.51. The third-order valence-electron chi connectivity index (χ3n) is 1.92. The fourth-order valence-electron chi connectivity index (χ4n) is 1.20. The lowest BCUT2D eigenvalue weighted by atomic mass is 10.4. The summed E-state index contributed by atoms with van der Waals surface area (Å²) >= 11 is 6.22. The minimum absolute atomic E-state index is 0.264. The number of hydrogen-bond acceptors (Lipinski definition) is 3. The van der Waals surface area contributed by atoms with Crippen LogP contribution in [0.1, 0.15) is 5.76 Å². The lowest BCUT2D eigenvalue weighted by Gasteiger charge is -2.02. The van der Waals surface area contributed by atoms with Crippen molar-refractivity contribution in [1.82, 2.24) is 9.55 Å². The van der Waals surface area contributed by atoms with Crippen LogP contribution in [0.15, 0.2) is 41.5 Å². The van der Waals surface area contributed by atoms with Gasteiger partial charge in [-0.3, -0.25) is 14.3 Å². The molecule has 5 nitrogen and oxygen atoms in total. The lowest BCUT2D eigenvalue weighted by Crippen LogP contribution is -2.29. The van der Waals surface area contributed by atoms with Gasteiger partial charge in [0.2, 0.25) is 0 Å². The zero-order valence-electron chi connectivity index (χ0n) is 7.87. The second-order valence-corrected chi connectivity index (χ2v) is 4.71. The highest BCUT2D eigenvalue weighted by Gasteiger charge is 2.05.